The molecule has 2 aromatic carbocycles. The number of aromatic hydroxyl groups is 1. The van der Waals surface area contributed by atoms with E-state index in [4.69, 9.17) is 0 Å². The van der Waals surface area contributed by atoms with Crippen molar-refractivity contribution in [2.45, 2.75) is 38.4 Å². The molecular formula is C23H25N5O2S. The van der Waals surface area contributed by atoms with Gasteiger partial charge in [-0.1, -0.05) is 48.5 Å². The van der Waals surface area contributed by atoms with Crippen LogP contribution in [-0.2, 0) is 4.79 Å². The normalized spacial score (nSPS) is 15.4. The first kappa shape index (κ1) is 21.0. The molecule has 1 aliphatic heterocycles. The van der Waals surface area contributed by atoms with Crippen LogP contribution >= 0.6 is 11.8 Å². The molecule has 0 radical (unpaired) electrons. The monoisotopic (exact) mass is 435 g/mol. The first-order chi connectivity index (χ1) is 15.0. The number of phenols is 1. The third-order valence-corrected chi connectivity index (χ3v) is 6.05. The molecule has 1 aliphatic rings. The maximum atomic E-state index is 13.4. The number of amides is 1. The fraction of sp³-hybridized carbons (Fsp3) is 0.261. The van der Waals surface area contributed by atoms with Gasteiger partial charge in [0.25, 0.3) is 5.91 Å². The molecule has 7 nitrogen and oxygen atoms in total. The fourth-order valence-electron chi connectivity index (χ4n) is 3.52. The number of aryl methyl sites for hydroxylation is 1. The minimum Gasteiger partial charge on any atom is -0.508 e. The van der Waals surface area contributed by atoms with Crippen LogP contribution in [0.4, 0.5) is 11.6 Å². The van der Waals surface area contributed by atoms with Crippen LogP contribution in [-0.4, -0.2) is 31.5 Å². The van der Waals surface area contributed by atoms with E-state index in [0.29, 0.717) is 28.1 Å². The summed E-state index contributed by atoms with van der Waals surface area (Å²) in [6, 6.07) is 14.1. The molecule has 0 saturated heterocycles. The summed E-state index contributed by atoms with van der Waals surface area (Å²) in [5, 5.41) is 21.6. The predicted octanol–water partition coefficient (Wildman–Crippen LogP) is 4.72. The average molecular weight is 436 g/mol. The second kappa shape index (κ2) is 8.85. The number of hydrogen-bond acceptors (Lipinski definition) is 6. The Morgan fingerprint density at radius 2 is 2.00 bits per heavy atom. The zero-order valence-corrected chi connectivity index (χ0v) is 18.5. The van der Waals surface area contributed by atoms with E-state index in [1.54, 1.807) is 34.6 Å². The summed E-state index contributed by atoms with van der Waals surface area (Å²) >= 11 is 1.58. The molecule has 0 fully saturated rings. The Morgan fingerprint density at radius 1 is 1.23 bits per heavy atom. The van der Waals surface area contributed by atoms with Crippen LogP contribution in [0.2, 0.25) is 0 Å². The Balaban J connectivity index is 1.75. The molecule has 2 heterocycles. The summed E-state index contributed by atoms with van der Waals surface area (Å²) < 4.78 is 1.73. The number of thioether (sulfide) groups is 1. The third-order valence-electron chi connectivity index (χ3n) is 5.01. The number of hydrogen-bond donors (Lipinski definition) is 3. The first-order valence-electron chi connectivity index (χ1n) is 10.2. The minimum atomic E-state index is -0.516. The highest BCUT2D eigenvalue weighted by molar-refractivity contribution is 7.99. The molecule has 1 atom stereocenters. The number of nitrogens with one attached hydrogen (secondary N) is 2. The zero-order chi connectivity index (χ0) is 22.0. The second-order valence-corrected chi connectivity index (χ2v) is 8.55. The lowest BCUT2D eigenvalue weighted by molar-refractivity contribution is -0.113. The van der Waals surface area contributed by atoms with Gasteiger partial charge in [-0.15, -0.1) is 5.10 Å². The number of fused-ring (bicyclic) bond motifs is 1. The lowest BCUT2D eigenvalue weighted by atomic mass is 9.95. The molecule has 31 heavy (non-hydrogen) atoms. The van der Waals surface area contributed by atoms with Crippen molar-refractivity contribution in [3.8, 4) is 5.75 Å². The summed E-state index contributed by atoms with van der Waals surface area (Å²) in [7, 11) is 0. The number of carbonyl (C=O) groups excluding carboxylic acids is 1. The number of rotatable bonds is 6. The lowest BCUT2D eigenvalue weighted by Crippen LogP contribution is -2.31. The quantitative estimate of drug-likeness (QED) is 0.485. The smallest absolute Gasteiger partial charge is 0.255 e. The Labute approximate surface area is 185 Å². The number of nitrogens with zero attached hydrogens (tertiary/aromatic N) is 3. The van der Waals surface area contributed by atoms with E-state index in [-0.39, 0.29) is 11.7 Å². The number of anilines is 2. The van der Waals surface area contributed by atoms with Gasteiger partial charge in [-0.3, -0.25) is 4.79 Å². The Kier molecular flexibility index (Phi) is 5.99. The molecule has 3 N–H and O–H groups in total. The fourth-order valence-corrected chi connectivity index (χ4v) is 4.20. The van der Waals surface area contributed by atoms with Gasteiger partial charge in [0, 0.05) is 17.1 Å². The van der Waals surface area contributed by atoms with Gasteiger partial charge < -0.3 is 15.7 Å². The number of benzene rings is 2. The van der Waals surface area contributed by atoms with Crippen LogP contribution in [0.3, 0.4) is 0 Å². The predicted molar refractivity (Wildman–Crippen MR) is 123 cm³/mol. The van der Waals surface area contributed by atoms with Gasteiger partial charge >= 0.3 is 0 Å². The van der Waals surface area contributed by atoms with Crippen molar-refractivity contribution in [3.63, 3.8) is 0 Å². The highest BCUT2D eigenvalue weighted by Crippen LogP contribution is 2.37. The van der Waals surface area contributed by atoms with E-state index in [0.717, 1.165) is 23.3 Å². The van der Waals surface area contributed by atoms with Crippen molar-refractivity contribution in [2.24, 2.45) is 0 Å². The van der Waals surface area contributed by atoms with Crippen molar-refractivity contribution in [2.75, 3.05) is 16.4 Å². The Bertz CT molecular complexity index is 1140. The number of carbonyl (C=O) groups is 1. The van der Waals surface area contributed by atoms with Crippen molar-refractivity contribution in [3.05, 3.63) is 70.9 Å². The number of allylic oxidation sites excluding steroid dienone is 1. The largest absolute Gasteiger partial charge is 0.508 e. The van der Waals surface area contributed by atoms with Crippen LogP contribution in [0.25, 0.3) is 0 Å². The Morgan fingerprint density at radius 3 is 2.71 bits per heavy atom. The summed E-state index contributed by atoms with van der Waals surface area (Å²) in [6.45, 7) is 5.97. The van der Waals surface area contributed by atoms with E-state index >= 15 is 0 Å². The van der Waals surface area contributed by atoms with Gasteiger partial charge in [-0.05, 0) is 50.1 Å². The average Bonchev–Trinajstić information content (AvgIpc) is 3.15. The topological polar surface area (TPSA) is 92.1 Å². The molecule has 4 rings (SSSR count). The molecular weight excluding hydrogens is 410 g/mol. The highest BCUT2D eigenvalue weighted by Gasteiger charge is 2.34. The summed E-state index contributed by atoms with van der Waals surface area (Å²) in [6.07, 6.45) is 1.01. The molecule has 0 spiro atoms. The first-order valence-corrected chi connectivity index (χ1v) is 11.2. The van der Waals surface area contributed by atoms with Gasteiger partial charge in [0.15, 0.2) is 0 Å². The maximum Gasteiger partial charge on any atom is 0.255 e. The zero-order valence-electron chi connectivity index (χ0n) is 17.7. The molecule has 1 amide bonds. The minimum absolute atomic E-state index is 0.134. The Hall–Kier alpha value is -3.26. The summed E-state index contributed by atoms with van der Waals surface area (Å²) in [5.41, 5.74) is 3.82. The van der Waals surface area contributed by atoms with Gasteiger partial charge in [0.2, 0.25) is 11.1 Å². The number of aromatic nitrogens is 3. The van der Waals surface area contributed by atoms with Crippen LogP contribution < -0.4 is 10.6 Å². The van der Waals surface area contributed by atoms with Gasteiger partial charge in [0.1, 0.15) is 11.8 Å². The van der Waals surface area contributed by atoms with Crippen molar-refractivity contribution in [1.82, 2.24) is 14.8 Å². The van der Waals surface area contributed by atoms with Gasteiger partial charge in [0.05, 0.1) is 5.57 Å². The van der Waals surface area contributed by atoms with Crippen molar-refractivity contribution in [1.29, 1.82) is 0 Å². The van der Waals surface area contributed by atoms with E-state index in [2.05, 4.69) is 27.6 Å². The van der Waals surface area contributed by atoms with Gasteiger partial charge in [-0.2, -0.15) is 4.98 Å². The molecule has 160 valence electrons. The maximum absolute atomic E-state index is 13.4. The van der Waals surface area contributed by atoms with E-state index < -0.39 is 6.04 Å². The molecule has 0 bridgehead atoms. The second-order valence-electron chi connectivity index (χ2n) is 7.49. The third kappa shape index (κ3) is 4.44. The van der Waals surface area contributed by atoms with Crippen molar-refractivity contribution >= 4 is 29.3 Å². The molecule has 1 aromatic heterocycles. The molecule has 0 aliphatic carbocycles. The van der Waals surface area contributed by atoms with E-state index in [1.807, 2.05) is 44.2 Å². The summed E-state index contributed by atoms with van der Waals surface area (Å²) in [4.78, 5) is 18.0. The molecule has 8 heteroatoms. The van der Waals surface area contributed by atoms with Crippen LogP contribution in [0.15, 0.2) is 65.0 Å². The highest BCUT2D eigenvalue weighted by atomic mass is 32.2. The van der Waals surface area contributed by atoms with Crippen LogP contribution in [0.5, 0.6) is 5.75 Å². The standard InChI is InChI=1S/C23H25N5O2S/c1-4-12-31-23-26-22-24-15(3)19(21(30)25-17-10-8-14(2)9-11-17)20(28(22)27-23)16-6-5-7-18(29)13-16/h5-11,13,20,29H,4,12H2,1-3H3,(H,25,30)(H,24,26,27). The van der Waals surface area contributed by atoms with Crippen LogP contribution in [0.1, 0.15) is 37.4 Å². The SMILES string of the molecule is CCCSc1nc2n(n1)C(c1cccc(O)c1)C(C(=O)Nc1ccc(C)cc1)=C(C)N2. The summed E-state index contributed by atoms with van der Waals surface area (Å²) in [5.74, 6) is 1.39. The number of phenolic OH excluding ortho intramolecular Hbond substituents is 1. The lowest BCUT2D eigenvalue weighted by Gasteiger charge is -2.28. The van der Waals surface area contributed by atoms with E-state index in [1.165, 1.54) is 0 Å². The van der Waals surface area contributed by atoms with Crippen molar-refractivity contribution < 1.29 is 9.90 Å². The van der Waals surface area contributed by atoms with Gasteiger partial charge in [-0.25, -0.2) is 4.68 Å². The van der Waals surface area contributed by atoms with Crippen LogP contribution in [0, 0.1) is 6.92 Å². The molecule has 3 aromatic rings. The van der Waals surface area contributed by atoms with E-state index in [9.17, 15) is 9.90 Å². The molecule has 1 unspecified atom stereocenters. The molecule has 0 saturated carbocycles.